The van der Waals surface area contributed by atoms with Gasteiger partial charge in [0.2, 0.25) is 5.91 Å². The van der Waals surface area contributed by atoms with Crippen molar-refractivity contribution in [3.05, 3.63) is 58.3 Å². The molecule has 0 saturated carbocycles. The molecule has 0 saturated heterocycles. The van der Waals surface area contributed by atoms with Crippen molar-refractivity contribution in [2.45, 2.75) is 12.5 Å². The number of primary amides is 1. The lowest BCUT2D eigenvalue weighted by Crippen LogP contribution is -2.32. The molecule has 3 nitrogen and oxygen atoms in total. The third-order valence-corrected chi connectivity index (χ3v) is 3.68. The average Bonchev–Trinajstić information content (AvgIpc) is 2.89. The predicted octanol–water partition coefficient (Wildman–Crippen LogP) is 2.11. The molecule has 3 N–H and O–H groups in total. The number of amides is 1. The van der Waals surface area contributed by atoms with Crippen LogP contribution in [0.25, 0.3) is 0 Å². The molecule has 1 aromatic carbocycles. The second kappa shape index (κ2) is 6.33. The average molecular weight is 260 g/mol. The van der Waals surface area contributed by atoms with Crippen LogP contribution in [0.3, 0.4) is 0 Å². The van der Waals surface area contributed by atoms with E-state index >= 15 is 0 Å². The maximum Gasteiger partial charge on any atom is 0.231 e. The number of rotatable bonds is 6. The normalized spacial score (nSPS) is 12.2. The fraction of sp³-hybridized carbons (Fsp3) is 0.214. The third kappa shape index (κ3) is 3.68. The first-order valence-electron chi connectivity index (χ1n) is 5.84. The summed E-state index contributed by atoms with van der Waals surface area (Å²) in [6.45, 7) is 0.204. The topological polar surface area (TPSA) is 55.1 Å². The van der Waals surface area contributed by atoms with Gasteiger partial charge < -0.3 is 11.1 Å². The summed E-state index contributed by atoms with van der Waals surface area (Å²) < 4.78 is 0. The maximum atomic E-state index is 10.9. The minimum absolute atomic E-state index is 0.139. The molecule has 1 atom stereocenters. The first-order chi connectivity index (χ1) is 8.75. The van der Waals surface area contributed by atoms with E-state index in [-0.39, 0.29) is 18.5 Å². The summed E-state index contributed by atoms with van der Waals surface area (Å²) in [4.78, 5) is 12.1. The van der Waals surface area contributed by atoms with Crippen molar-refractivity contribution < 1.29 is 4.79 Å². The van der Waals surface area contributed by atoms with Crippen LogP contribution in [0.15, 0.2) is 47.8 Å². The van der Waals surface area contributed by atoms with Crippen LogP contribution in [0.4, 0.5) is 0 Å². The van der Waals surface area contributed by atoms with Crippen LogP contribution in [0, 0.1) is 0 Å². The van der Waals surface area contributed by atoms with Gasteiger partial charge in [0.25, 0.3) is 0 Å². The Hall–Kier alpha value is -1.65. The van der Waals surface area contributed by atoms with Crippen LogP contribution < -0.4 is 11.1 Å². The predicted molar refractivity (Wildman–Crippen MR) is 74.4 cm³/mol. The second-order valence-corrected chi connectivity index (χ2v) is 5.08. The van der Waals surface area contributed by atoms with Crippen LogP contribution in [-0.2, 0) is 11.2 Å². The van der Waals surface area contributed by atoms with Gasteiger partial charge in [-0.15, -0.1) is 11.3 Å². The molecule has 18 heavy (non-hydrogen) atoms. The van der Waals surface area contributed by atoms with E-state index in [0.29, 0.717) is 0 Å². The first-order valence-corrected chi connectivity index (χ1v) is 6.72. The Morgan fingerprint density at radius 3 is 2.61 bits per heavy atom. The van der Waals surface area contributed by atoms with E-state index in [1.165, 1.54) is 10.4 Å². The highest BCUT2D eigenvalue weighted by Gasteiger charge is 2.13. The minimum Gasteiger partial charge on any atom is -0.369 e. The largest absolute Gasteiger partial charge is 0.369 e. The Balaban J connectivity index is 2.07. The summed E-state index contributed by atoms with van der Waals surface area (Å²) in [5, 5.41) is 5.25. The SMILES string of the molecule is NC(=O)CN[C@H](Cc1ccccc1)c1cccs1. The van der Waals surface area contributed by atoms with Crippen molar-refractivity contribution in [1.82, 2.24) is 5.32 Å². The van der Waals surface area contributed by atoms with Crippen molar-refractivity contribution in [2.75, 3.05) is 6.54 Å². The van der Waals surface area contributed by atoms with Gasteiger partial charge in [0.15, 0.2) is 0 Å². The van der Waals surface area contributed by atoms with Crippen molar-refractivity contribution in [1.29, 1.82) is 0 Å². The lowest BCUT2D eigenvalue weighted by Gasteiger charge is -2.16. The van der Waals surface area contributed by atoms with Gasteiger partial charge in [0.1, 0.15) is 0 Å². The van der Waals surface area contributed by atoms with E-state index < -0.39 is 0 Å². The molecule has 2 rings (SSSR count). The van der Waals surface area contributed by atoms with Gasteiger partial charge in [0.05, 0.1) is 6.54 Å². The maximum absolute atomic E-state index is 10.9. The van der Waals surface area contributed by atoms with Crippen molar-refractivity contribution >= 4 is 17.2 Å². The molecular formula is C14H16N2OS. The molecule has 0 fully saturated rings. The number of nitrogens with two attached hydrogens (primary N) is 1. The number of nitrogens with one attached hydrogen (secondary N) is 1. The highest BCUT2D eigenvalue weighted by Crippen LogP contribution is 2.22. The smallest absolute Gasteiger partial charge is 0.231 e. The highest BCUT2D eigenvalue weighted by molar-refractivity contribution is 7.10. The summed E-state index contributed by atoms with van der Waals surface area (Å²) in [5.41, 5.74) is 6.43. The second-order valence-electron chi connectivity index (χ2n) is 4.10. The van der Waals surface area contributed by atoms with E-state index in [1.54, 1.807) is 11.3 Å². The highest BCUT2D eigenvalue weighted by atomic mass is 32.1. The molecule has 0 aliphatic heterocycles. The van der Waals surface area contributed by atoms with Crippen LogP contribution in [0.5, 0.6) is 0 Å². The minimum atomic E-state index is -0.329. The zero-order valence-corrected chi connectivity index (χ0v) is 10.8. The molecule has 94 valence electrons. The van der Waals surface area contributed by atoms with Crippen molar-refractivity contribution in [2.24, 2.45) is 5.73 Å². The lowest BCUT2D eigenvalue weighted by atomic mass is 10.0. The lowest BCUT2D eigenvalue weighted by molar-refractivity contribution is -0.117. The summed E-state index contributed by atoms with van der Waals surface area (Å²) in [6, 6.07) is 14.5. The Kier molecular flexibility index (Phi) is 4.50. The summed E-state index contributed by atoms with van der Waals surface area (Å²) >= 11 is 1.69. The zero-order valence-electron chi connectivity index (χ0n) is 10.0. The monoisotopic (exact) mass is 260 g/mol. The van der Waals surface area contributed by atoms with E-state index in [1.807, 2.05) is 29.6 Å². The Morgan fingerprint density at radius 2 is 2.00 bits per heavy atom. The molecule has 1 heterocycles. The molecule has 1 aromatic heterocycles. The Bertz CT molecular complexity index is 482. The summed E-state index contributed by atoms with van der Waals surface area (Å²) in [5.74, 6) is -0.329. The zero-order chi connectivity index (χ0) is 12.8. The molecule has 0 spiro atoms. The number of carbonyl (C=O) groups is 1. The summed E-state index contributed by atoms with van der Waals surface area (Å²) in [7, 11) is 0. The van der Waals surface area contributed by atoms with Gasteiger partial charge in [-0.3, -0.25) is 4.79 Å². The van der Waals surface area contributed by atoms with Crippen LogP contribution in [0.1, 0.15) is 16.5 Å². The molecule has 4 heteroatoms. The van der Waals surface area contributed by atoms with Gasteiger partial charge in [-0.1, -0.05) is 36.4 Å². The van der Waals surface area contributed by atoms with Crippen molar-refractivity contribution in [3.8, 4) is 0 Å². The van der Waals surface area contributed by atoms with Gasteiger partial charge in [-0.05, 0) is 23.4 Å². The number of carbonyl (C=O) groups excluding carboxylic acids is 1. The molecule has 0 bridgehead atoms. The van der Waals surface area contributed by atoms with Crippen LogP contribution in [0.2, 0.25) is 0 Å². The van der Waals surface area contributed by atoms with Gasteiger partial charge in [-0.25, -0.2) is 0 Å². The molecule has 1 amide bonds. The standard InChI is InChI=1S/C14H16N2OS/c15-14(17)10-16-12(13-7-4-8-18-13)9-11-5-2-1-3-6-11/h1-8,12,16H,9-10H2,(H2,15,17)/t12-/m1/s1. The fourth-order valence-corrected chi connectivity index (χ4v) is 2.64. The molecule has 0 radical (unpaired) electrons. The number of thiophene rings is 1. The van der Waals surface area contributed by atoms with Crippen LogP contribution in [-0.4, -0.2) is 12.5 Å². The van der Waals surface area contributed by atoms with Crippen molar-refractivity contribution in [3.63, 3.8) is 0 Å². The van der Waals surface area contributed by atoms with Gasteiger partial charge in [0, 0.05) is 10.9 Å². The fourth-order valence-electron chi connectivity index (χ4n) is 1.84. The van der Waals surface area contributed by atoms with E-state index in [0.717, 1.165) is 6.42 Å². The quantitative estimate of drug-likeness (QED) is 0.835. The van der Waals surface area contributed by atoms with Gasteiger partial charge >= 0.3 is 0 Å². The Labute approximate surface area is 111 Å². The molecule has 0 aliphatic rings. The van der Waals surface area contributed by atoms with Crippen LogP contribution >= 0.6 is 11.3 Å². The van der Waals surface area contributed by atoms with E-state index in [2.05, 4.69) is 23.5 Å². The third-order valence-electron chi connectivity index (χ3n) is 2.69. The molecule has 2 aromatic rings. The van der Waals surface area contributed by atoms with Gasteiger partial charge in [-0.2, -0.15) is 0 Å². The van der Waals surface area contributed by atoms with E-state index in [4.69, 9.17) is 5.73 Å². The van der Waals surface area contributed by atoms with E-state index in [9.17, 15) is 4.79 Å². The number of hydrogen-bond donors (Lipinski definition) is 2. The molecule has 0 unspecified atom stereocenters. The first kappa shape index (κ1) is 12.8. The Morgan fingerprint density at radius 1 is 1.22 bits per heavy atom. The summed E-state index contributed by atoms with van der Waals surface area (Å²) in [6.07, 6.45) is 0.856. The number of benzene rings is 1. The molecule has 0 aliphatic carbocycles. The molecular weight excluding hydrogens is 244 g/mol. The number of hydrogen-bond acceptors (Lipinski definition) is 3.